The van der Waals surface area contributed by atoms with Crippen molar-refractivity contribution in [2.75, 3.05) is 5.32 Å². The molecule has 5 heteroatoms. The summed E-state index contributed by atoms with van der Waals surface area (Å²) in [6.07, 6.45) is 5.31. The third-order valence-corrected chi connectivity index (χ3v) is 2.81. The molecule has 22 heavy (non-hydrogen) atoms. The van der Waals surface area contributed by atoms with Crippen LogP contribution in [0.5, 0.6) is 5.75 Å². The number of nitrogens with one attached hydrogen (secondary N) is 1. The molecule has 0 atom stereocenters. The SMILES string of the molecule is C#Cc1cccc(NCc2cccc([N+](=O)[O-])c2O)c1.CC. The number of anilines is 1. The monoisotopic (exact) mass is 298 g/mol. The number of hydrogen-bond donors (Lipinski definition) is 2. The molecular formula is C17H18N2O3. The second-order valence-corrected chi connectivity index (χ2v) is 4.12. The van der Waals surface area contributed by atoms with E-state index in [1.165, 1.54) is 12.1 Å². The minimum Gasteiger partial charge on any atom is -0.502 e. The minimum absolute atomic E-state index is 0.265. The molecule has 0 bridgehead atoms. The van der Waals surface area contributed by atoms with Crippen LogP contribution in [0.25, 0.3) is 0 Å². The van der Waals surface area contributed by atoms with Crippen LogP contribution in [0.4, 0.5) is 11.4 Å². The standard InChI is InChI=1S/C15H12N2O3.C2H6/c1-2-11-5-3-7-13(9-11)16-10-12-6-4-8-14(15(12)18)17(19)20;1-2/h1,3-9,16,18H,10H2;1-2H3. The molecule has 5 nitrogen and oxygen atoms in total. The van der Waals surface area contributed by atoms with Crippen LogP contribution >= 0.6 is 0 Å². The van der Waals surface area contributed by atoms with Crippen LogP contribution in [-0.2, 0) is 6.54 Å². The van der Waals surface area contributed by atoms with Crippen molar-refractivity contribution >= 4 is 11.4 Å². The van der Waals surface area contributed by atoms with Crippen molar-refractivity contribution in [2.24, 2.45) is 0 Å². The summed E-state index contributed by atoms with van der Waals surface area (Å²) in [5.74, 6) is 2.20. The fourth-order valence-corrected chi connectivity index (χ4v) is 1.78. The Bertz CT molecular complexity index is 691. The third-order valence-electron chi connectivity index (χ3n) is 2.81. The first-order valence-electron chi connectivity index (χ1n) is 6.87. The first-order valence-corrected chi connectivity index (χ1v) is 6.87. The first kappa shape index (κ1) is 17.1. The van der Waals surface area contributed by atoms with Crippen LogP contribution < -0.4 is 5.32 Å². The van der Waals surface area contributed by atoms with Gasteiger partial charge < -0.3 is 10.4 Å². The Balaban J connectivity index is 0.00000116. The minimum atomic E-state index is -0.613. The largest absolute Gasteiger partial charge is 0.502 e. The molecule has 2 aromatic carbocycles. The van der Waals surface area contributed by atoms with E-state index in [1.54, 1.807) is 18.2 Å². The average Bonchev–Trinajstić information content (AvgIpc) is 2.55. The number of benzene rings is 2. The van der Waals surface area contributed by atoms with E-state index in [9.17, 15) is 15.2 Å². The number of hydrogen-bond acceptors (Lipinski definition) is 4. The number of rotatable bonds is 4. The van der Waals surface area contributed by atoms with Gasteiger partial charge in [-0.25, -0.2) is 0 Å². The van der Waals surface area contributed by atoms with Gasteiger partial charge in [0.15, 0.2) is 5.75 Å². The zero-order chi connectivity index (χ0) is 16.5. The summed E-state index contributed by atoms with van der Waals surface area (Å²) in [5.41, 5.74) is 1.66. The predicted molar refractivity (Wildman–Crippen MR) is 87.8 cm³/mol. The van der Waals surface area contributed by atoms with Gasteiger partial charge in [-0.1, -0.05) is 38.0 Å². The van der Waals surface area contributed by atoms with Crippen molar-refractivity contribution < 1.29 is 10.0 Å². The van der Waals surface area contributed by atoms with Gasteiger partial charge >= 0.3 is 5.69 Å². The molecular weight excluding hydrogens is 280 g/mol. The Morgan fingerprint density at radius 2 is 1.95 bits per heavy atom. The summed E-state index contributed by atoms with van der Waals surface area (Å²) < 4.78 is 0. The van der Waals surface area contributed by atoms with Gasteiger partial charge in [0, 0.05) is 29.4 Å². The molecule has 2 rings (SSSR count). The van der Waals surface area contributed by atoms with Crippen LogP contribution in [0.1, 0.15) is 25.0 Å². The summed E-state index contributed by atoms with van der Waals surface area (Å²) in [7, 11) is 0. The molecule has 0 radical (unpaired) electrons. The molecule has 2 N–H and O–H groups in total. The van der Waals surface area contributed by atoms with Crippen molar-refractivity contribution in [1.29, 1.82) is 0 Å². The van der Waals surface area contributed by atoms with Crippen molar-refractivity contribution in [3.63, 3.8) is 0 Å². The number of terminal acetylenes is 1. The molecule has 2 aromatic rings. The highest BCUT2D eigenvalue weighted by molar-refractivity contribution is 5.54. The third kappa shape index (κ3) is 4.25. The Labute approximate surface area is 129 Å². The lowest BCUT2D eigenvalue weighted by atomic mass is 10.1. The highest BCUT2D eigenvalue weighted by Gasteiger charge is 2.15. The van der Waals surface area contributed by atoms with Crippen LogP contribution in [0.2, 0.25) is 0 Å². The highest BCUT2D eigenvalue weighted by Crippen LogP contribution is 2.29. The van der Waals surface area contributed by atoms with Crippen molar-refractivity contribution in [2.45, 2.75) is 20.4 Å². The summed E-state index contributed by atoms with van der Waals surface area (Å²) >= 11 is 0. The molecule has 0 aliphatic rings. The molecule has 0 amide bonds. The Morgan fingerprint density at radius 3 is 2.59 bits per heavy atom. The fraction of sp³-hybridized carbons (Fsp3) is 0.176. The molecule has 0 aromatic heterocycles. The van der Waals surface area contributed by atoms with E-state index in [0.717, 1.165) is 11.3 Å². The van der Waals surface area contributed by atoms with Gasteiger partial charge in [0.25, 0.3) is 0 Å². The zero-order valence-corrected chi connectivity index (χ0v) is 12.5. The first-order chi connectivity index (χ1) is 10.6. The summed E-state index contributed by atoms with van der Waals surface area (Å²) in [4.78, 5) is 10.1. The molecule has 0 aliphatic heterocycles. The maximum Gasteiger partial charge on any atom is 0.311 e. The van der Waals surface area contributed by atoms with E-state index in [-0.39, 0.29) is 18.0 Å². The molecule has 0 heterocycles. The van der Waals surface area contributed by atoms with Crippen LogP contribution in [0.15, 0.2) is 42.5 Å². The van der Waals surface area contributed by atoms with E-state index in [2.05, 4.69) is 11.2 Å². The van der Waals surface area contributed by atoms with E-state index >= 15 is 0 Å². The van der Waals surface area contributed by atoms with E-state index in [1.807, 2.05) is 26.0 Å². The van der Waals surface area contributed by atoms with Crippen LogP contribution in [-0.4, -0.2) is 10.0 Å². The lowest BCUT2D eigenvalue weighted by Crippen LogP contribution is -2.01. The number of nitro benzene ring substituents is 1. The number of phenolic OH excluding ortho intramolecular Hbond substituents is 1. The molecule has 114 valence electrons. The van der Waals surface area contributed by atoms with Gasteiger partial charge in [-0.05, 0) is 18.2 Å². The number of nitrogens with zero attached hydrogens (tertiary/aromatic N) is 1. The second kappa shape index (κ2) is 8.32. The van der Waals surface area contributed by atoms with E-state index < -0.39 is 4.92 Å². The van der Waals surface area contributed by atoms with Crippen LogP contribution in [0, 0.1) is 22.5 Å². The molecule has 0 unspecified atom stereocenters. The van der Waals surface area contributed by atoms with Gasteiger partial charge in [0.05, 0.1) is 4.92 Å². The molecule has 0 aliphatic carbocycles. The van der Waals surface area contributed by atoms with Gasteiger partial charge in [-0.15, -0.1) is 6.42 Å². The average molecular weight is 298 g/mol. The topological polar surface area (TPSA) is 75.4 Å². The predicted octanol–water partition coefficient (Wildman–Crippen LogP) is 3.92. The van der Waals surface area contributed by atoms with Crippen molar-refractivity contribution in [3.05, 3.63) is 63.7 Å². The highest BCUT2D eigenvalue weighted by atomic mass is 16.6. The smallest absolute Gasteiger partial charge is 0.311 e. The normalized spacial score (nSPS) is 9.14. The maximum atomic E-state index is 10.7. The van der Waals surface area contributed by atoms with Gasteiger partial charge in [0.2, 0.25) is 0 Å². The summed E-state index contributed by atoms with van der Waals surface area (Å²) in [6, 6.07) is 11.6. The van der Waals surface area contributed by atoms with Gasteiger partial charge in [0.1, 0.15) is 0 Å². The number of phenols is 1. The Kier molecular flexibility index (Phi) is 6.45. The quantitative estimate of drug-likeness (QED) is 0.509. The number of nitro groups is 1. The van der Waals surface area contributed by atoms with E-state index in [0.29, 0.717) is 5.56 Å². The van der Waals surface area contributed by atoms with E-state index in [4.69, 9.17) is 6.42 Å². The molecule has 0 saturated heterocycles. The summed E-state index contributed by atoms with van der Waals surface area (Å²) in [6.45, 7) is 4.27. The lowest BCUT2D eigenvalue weighted by Gasteiger charge is -2.08. The second-order valence-electron chi connectivity index (χ2n) is 4.12. The van der Waals surface area contributed by atoms with Gasteiger partial charge in [-0.2, -0.15) is 0 Å². The Hall–Kier alpha value is -3.00. The maximum absolute atomic E-state index is 10.7. The summed E-state index contributed by atoms with van der Waals surface area (Å²) in [5, 5.41) is 23.6. The number of aromatic hydroxyl groups is 1. The van der Waals surface area contributed by atoms with Crippen LogP contribution in [0.3, 0.4) is 0 Å². The van der Waals surface area contributed by atoms with Crippen molar-refractivity contribution in [3.8, 4) is 18.1 Å². The lowest BCUT2D eigenvalue weighted by molar-refractivity contribution is -0.385. The fourth-order valence-electron chi connectivity index (χ4n) is 1.78. The Morgan fingerprint density at radius 1 is 1.27 bits per heavy atom. The zero-order valence-electron chi connectivity index (χ0n) is 12.5. The molecule has 0 spiro atoms. The van der Waals surface area contributed by atoms with Crippen molar-refractivity contribution in [1.82, 2.24) is 0 Å². The van der Waals surface area contributed by atoms with Gasteiger partial charge in [-0.3, -0.25) is 10.1 Å². The number of para-hydroxylation sites is 1. The molecule has 0 saturated carbocycles. The molecule has 0 fully saturated rings.